The first-order valence-electron chi connectivity index (χ1n) is 8.53. The predicted molar refractivity (Wildman–Crippen MR) is 100 cm³/mol. The molecule has 5 nitrogen and oxygen atoms in total. The number of piperazine rings is 1. The van der Waals surface area contributed by atoms with Crippen LogP contribution in [0.15, 0.2) is 41.8 Å². The van der Waals surface area contributed by atoms with Crippen molar-refractivity contribution < 1.29 is 9.59 Å². The summed E-state index contributed by atoms with van der Waals surface area (Å²) in [6, 6.07) is 11.4. The molecule has 1 aromatic heterocycles. The third-order valence-corrected chi connectivity index (χ3v) is 5.28. The normalized spacial score (nSPS) is 15.2. The van der Waals surface area contributed by atoms with Crippen LogP contribution in [0.1, 0.15) is 25.6 Å². The third kappa shape index (κ3) is 4.67. The molecule has 1 aliphatic rings. The quantitative estimate of drug-likeness (QED) is 0.893. The lowest BCUT2D eigenvalue weighted by Crippen LogP contribution is -2.50. The molecular weight excluding hydrogens is 334 g/mol. The van der Waals surface area contributed by atoms with Crippen molar-refractivity contribution in [2.45, 2.75) is 6.92 Å². The van der Waals surface area contributed by atoms with E-state index in [1.54, 1.807) is 0 Å². The highest BCUT2D eigenvalue weighted by atomic mass is 32.1. The van der Waals surface area contributed by atoms with Gasteiger partial charge in [-0.05, 0) is 30.5 Å². The number of aryl methyl sites for hydroxylation is 1. The maximum Gasteiger partial charge on any atom is 0.264 e. The monoisotopic (exact) mass is 357 g/mol. The smallest absolute Gasteiger partial charge is 0.264 e. The highest BCUT2D eigenvalue weighted by molar-refractivity contribution is 7.12. The molecule has 1 N–H and O–H groups in total. The summed E-state index contributed by atoms with van der Waals surface area (Å²) in [6.07, 6.45) is 0. The van der Waals surface area contributed by atoms with E-state index in [2.05, 4.69) is 10.2 Å². The lowest BCUT2D eigenvalue weighted by atomic mass is 10.1. The topological polar surface area (TPSA) is 52.7 Å². The number of benzene rings is 1. The van der Waals surface area contributed by atoms with Crippen LogP contribution in [-0.4, -0.2) is 60.9 Å². The molecule has 2 aromatic rings. The van der Waals surface area contributed by atoms with Crippen molar-refractivity contribution in [1.29, 1.82) is 0 Å². The molecular formula is C19H23N3O2S. The Bertz CT molecular complexity index is 705. The van der Waals surface area contributed by atoms with Crippen LogP contribution in [0.3, 0.4) is 0 Å². The van der Waals surface area contributed by atoms with E-state index in [1.807, 2.05) is 53.6 Å². The molecule has 25 heavy (non-hydrogen) atoms. The summed E-state index contributed by atoms with van der Waals surface area (Å²) in [7, 11) is 0. The van der Waals surface area contributed by atoms with E-state index in [0.29, 0.717) is 12.1 Å². The lowest BCUT2D eigenvalue weighted by molar-refractivity contribution is 0.0643. The van der Waals surface area contributed by atoms with Crippen molar-refractivity contribution in [3.8, 4) is 0 Å². The highest BCUT2D eigenvalue weighted by Gasteiger charge is 2.22. The Morgan fingerprint density at radius 2 is 1.80 bits per heavy atom. The highest BCUT2D eigenvalue weighted by Crippen LogP contribution is 2.13. The zero-order chi connectivity index (χ0) is 17.6. The van der Waals surface area contributed by atoms with Crippen molar-refractivity contribution in [3.63, 3.8) is 0 Å². The number of amides is 2. The summed E-state index contributed by atoms with van der Waals surface area (Å²) in [5, 5.41) is 4.89. The minimum atomic E-state index is -0.0356. The van der Waals surface area contributed by atoms with Crippen molar-refractivity contribution in [3.05, 3.63) is 57.8 Å². The van der Waals surface area contributed by atoms with Crippen LogP contribution >= 0.6 is 11.3 Å². The van der Waals surface area contributed by atoms with E-state index < -0.39 is 0 Å². The molecule has 0 saturated carbocycles. The van der Waals surface area contributed by atoms with E-state index in [1.165, 1.54) is 11.3 Å². The predicted octanol–water partition coefficient (Wildman–Crippen LogP) is 2.24. The van der Waals surface area contributed by atoms with Gasteiger partial charge in [0, 0.05) is 44.8 Å². The van der Waals surface area contributed by atoms with Crippen LogP contribution in [0.25, 0.3) is 0 Å². The van der Waals surface area contributed by atoms with Gasteiger partial charge in [-0.3, -0.25) is 14.5 Å². The number of nitrogens with zero attached hydrogens (tertiary/aromatic N) is 2. The zero-order valence-electron chi connectivity index (χ0n) is 14.4. The van der Waals surface area contributed by atoms with Crippen LogP contribution in [0, 0.1) is 6.92 Å². The minimum absolute atomic E-state index is 0.0356. The number of thiophene rings is 1. The third-order valence-electron chi connectivity index (χ3n) is 4.42. The molecule has 3 rings (SSSR count). The lowest BCUT2D eigenvalue weighted by Gasteiger charge is -2.34. The second-order valence-corrected chi connectivity index (χ2v) is 7.18. The number of rotatable bonds is 5. The fraction of sp³-hybridized carbons (Fsp3) is 0.368. The van der Waals surface area contributed by atoms with Gasteiger partial charge in [-0.15, -0.1) is 11.3 Å². The second kappa shape index (κ2) is 8.27. The molecule has 6 heteroatoms. The molecule has 0 aliphatic carbocycles. The first kappa shape index (κ1) is 17.6. The van der Waals surface area contributed by atoms with Gasteiger partial charge < -0.3 is 10.2 Å². The second-order valence-electron chi connectivity index (χ2n) is 6.23. The van der Waals surface area contributed by atoms with Gasteiger partial charge in [-0.25, -0.2) is 0 Å². The first-order valence-corrected chi connectivity index (χ1v) is 9.41. The molecule has 2 amide bonds. The fourth-order valence-corrected chi connectivity index (χ4v) is 3.56. The van der Waals surface area contributed by atoms with Gasteiger partial charge in [0.15, 0.2) is 0 Å². The Labute approximate surface area is 152 Å². The van der Waals surface area contributed by atoms with Gasteiger partial charge in [-0.1, -0.05) is 23.8 Å². The standard InChI is InChI=1S/C19H23N3O2S/c1-15-4-6-16(7-5-15)18(23)20-8-9-21-10-12-22(13-11-21)19(24)17-3-2-14-25-17/h2-7,14H,8-13H2,1H3,(H,20,23). The molecule has 0 atom stereocenters. The molecule has 132 valence electrons. The largest absolute Gasteiger partial charge is 0.351 e. The van der Waals surface area contributed by atoms with Gasteiger partial charge in [0.2, 0.25) is 0 Å². The van der Waals surface area contributed by atoms with E-state index in [-0.39, 0.29) is 11.8 Å². The number of hydrogen-bond acceptors (Lipinski definition) is 4. The Morgan fingerprint density at radius 3 is 2.44 bits per heavy atom. The average Bonchev–Trinajstić information content (AvgIpc) is 3.17. The minimum Gasteiger partial charge on any atom is -0.351 e. The van der Waals surface area contributed by atoms with Gasteiger partial charge in [-0.2, -0.15) is 0 Å². The molecule has 2 heterocycles. The number of carbonyl (C=O) groups is 2. The van der Waals surface area contributed by atoms with E-state index in [4.69, 9.17) is 0 Å². The van der Waals surface area contributed by atoms with E-state index >= 15 is 0 Å². The number of nitrogens with one attached hydrogen (secondary N) is 1. The van der Waals surface area contributed by atoms with Crippen molar-refractivity contribution in [1.82, 2.24) is 15.1 Å². The van der Waals surface area contributed by atoms with Gasteiger partial charge in [0.05, 0.1) is 4.88 Å². The summed E-state index contributed by atoms with van der Waals surface area (Å²) in [5.74, 6) is 0.0915. The molecule has 1 saturated heterocycles. The van der Waals surface area contributed by atoms with Crippen molar-refractivity contribution in [2.24, 2.45) is 0 Å². The van der Waals surface area contributed by atoms with Crippen LogP contribution in [-0.2, 0) is 0 Å². The first-order chi connectivity index (χ1) is 12.1. The Kier molecular flexibility index (Phi) is 5.83. The van der Waals surface area contributed by atoms with Crippen molar-refractivity contribution >= 4 is 23.2 Å². The summed E-state index contributed by atoms with van der Waals surface area (Å²) in [4.78, 5) is 29.4. The average molecular weight is 357 g/mol. The summed E-state index contributed by atoms with van der Waals surface area (Å²) >= 11 is 1.49. The summed E-state index contributed by atoms with van der Waals surface area (Å²) in [5.41, 5.74) is 1.84. The molecule has 0 radical (unpaired) electrons. The van der Waals surface area contributed by atoms with Gasteiger partial charge in [0.1, 0.15) is 0 Å². The van der Waals surface area contributed by atoms with Crippen molar-refractivity contribution in [2.75, 3.05) is 39.3 Å². The molecule has 1 aliphatic heterocycles. The van der Waals surface area contributed by atoms with Crippen LogP contribution in [0.2, 0.25) is 0 Å². The Morgan fingerprint density at radius 1 is 1.08 bits per heavy atom. The molecule has 1 fully saturated rings. The van der Waals surface area contributed by atoms with Gasteiger partial charge in [0.25, 0.3) is 11.8 Å². The van der Waals surface area contributed by atoms with E-state index in [0.717, 1.165) is 43.2 Å². The molecule has 0 unspecified atom stereocenters. The maximum atomic E-state index is 12.3. The molecule has 1 aromatic carbocycles. The number of carbonyl (C=O) groups excluding carboxylic acids is 2. The number of hydrogen-bond donors (Lipinski definition) is 1. The van der Waals surface area contributed by atoms with Crippen LogP contribution in [0.4, 0.5) is 0 Å². The zero-order valence-corrected chi connectivity index (χ0v) is 15.2. The maximum absolute atomic E-state index is 12.3. The molecule has 0 spiro atoms. The Hall–Kier alpha value is -2.18. The SMILES string of the molecule is Cc1ccc(C(=O)NCCN2CCN(C(=O)c3cccs3)CC2)cc1. The Balaban J connectivity index is 1.38. The fourth-order valence-electron chi connectivity index (χ4n) is 2.87. The molecule has 0 bridgehead atoms. The summed E-state index contributed by atoms with van der Waals surface area (Å²) < 4.78 is 0. The van der Waals surface area contributed by atoms with E-state index in [9.17, 15) is 9.59 Å². The van der Waals surface area contributed by atoms with Crippen LogP contribution in [0.5, 0.6) is 0 Å². The van der Waals surface area contributed by atoms with Crippen LogP contribution < -0.4 is 5.32 Å². The van der Waals surface area contributed by atoms with Gasteiger partial charge >= 0.3 is 0 Å². The summed E-state index contributed by atoms with van der Waals surface area (Å²) in [6.45, 7) is 6.59.